The van der Waals surface area contributed by atoms with Crippen molar-refractivity contribution < 1.29 is 22.7 Å². The van der Waals surface area contributed by atoms with Gasteiger partial charge in [0.15, 0.2) is 0 Å². The third-order valence-corrected chi connectivity index (χ3v) is 3.90. The summed E-state index contributed by atoms with van der Waals surface area (Å²) in [4.78, 5) is 10.3. The molecule has 2 aromatic rings. The normalized spacial score (nSPS) is 11.1. The lowest BCUT2D eigenvalue weighted by molar-refractivity contribution is 0.0697. The Balaban J connectivity index is 2.36. The first-order valence-electron chi connectivity index (χ1n) is 5.51. The molecule has 7 heteroatoms. The zero-order valence-corrected chi connectivity index (χ0v) is 10.9. The maximum absolute atomic E-state index is 13.5. The second-order valence-electron chi connectivity index (χ2n) is 3.92. The number of hydrogen-bond acceptors (Lipinski definition) is 3. The quantitative estimate of drug-likeness (QED) is 0.906. The second-order valence-corrected chi connectivity index (χ2v) is 5.57. The Morgan fingerprint density at radius 3 is 2.45 bits per heavy atom. The fraction of sp³-hybridized carbons (Fsp3) is 0. The van der Waals surface area contributed by atoms with Gasteiger partial charge in [-0.25, -0.2) is 17.6 Å². The minimum Gasteiger partial charge on any atom is -0.478 e. The van der Waals surface area contributed by atoms with Gasteiger partial charge in [-0.1, -0.05) is 18.2 Å². The summed E-state index contributed by atoms with van der Waals surface area (Å²) in [6.45, 7) is 0. The number of anilines is 1. The number of carboxylic acids is 1. The fourth-order valence-electron chi connectivity index (χ4n) is 1.59. The molecule has 0 fully saturated rings. The minimum atomic E-state index is -4.10. The smallest absolute Gasteiger partial charge is 0.335 e. The lowest BCUT2D eigenvalue weighted by Gasteiger charge is -2.09. The molecule has 2 rings (SSSR count). The Morgan fingerprint density at radius 2 is 1.80 bits per heavy atom. The molecule has 2 N–H and O–H groups in total. The van der Waals surface area contributed by atoms with Crippen LogP contribution in [0.4, 0.5) is 10.1 Å². The van der Waals surface area contributed by atoms with Crippen molar-refractivity contribution in [2.45, 2.75) is 4.90 Å². The van der Waals surface area contributed by atoms with E-state index in [1.54, 1.807) is 0 Å². The molecule has 0 heterocycles. The first-order chi connectivity index (χ1) is 9.40. The van der Waals surface area contributed by atoms with Crippen LogP contribution in [0.5, 0.6) is 0 Å². The van der Waals surface area contributed by atoms with Crippen molar-refractivity contribution in [1.29, 1.82) is 0 Å². The molecule has 0 aliphatic heterocycles. The first-order valence-corrected chi connectivity index (χ1v) is 6.99. The van der Waals surface area contributed by atoms with Crippen molar-refractivity contribution in [2.24, 2.45) is 0 Å². The summed E-state index contributed by atoms with van der Waals surface area (Å²) in [6, 6.07) is 10.2. The lowest BCUT2D eigenvalue weighted by atomic mass is 10.2. The van der Waals surface area contributed by atoms with Crippen LogP contribution >= 0.6 is 0 Å². The Morgan fingerprint density at radius 1 is 1.10 bits per heavy atom. The van der Waals surface area contributed by atoms with Gasteiger partial charge in [-0.15, -0.1) is 0 Å². The van der Waals surface area contributed by atoms with Crippen LogP contribution in [0.15, 0.2) is 53.4 Å². The van der Waals surface area contributed by atoms with E-state index in [-0.39, 0.29) is 11.3 Å². The fourth-order valence-corrected chi connectivity index (χ4v) is 2.72. The van der Waals surface area contributed by atoms with E-state index in [0.29, 0.717) is 0 Å². The van der Waals surface area contributed by atoms with Crippen LogP contribution in [-0.4, -0.2) is 19.5 Å². The van der Waals surface area contributed by atoms with E-state index in [9.17, 15) is 17.6 Å². The van der Waals surface area contributed by atoms with Crippen LogP contribution in [0.1, 0.15) is 10.4 Å². The molecule has 0 radical (unpaired) electrons. The summed E-state index contributed by atoms with van der Waals surface area (Å²) in [5, 5.41) is 8.83. The van der Waals surface area contributed by atoms with E-state index in [4.69, 9.17) is 5.11 Å². The molecular formula is C13H10FNO4S. The van der Waals surface area contributed by atoms with Crippen molar-refractivity contribution in [1.82, 2.24) is 0 Å². The predicted octanol–water partition coefficient (Wildman–Crippen LogP) is 2.32. The van der Waals surface area contributed by atoms with E-state index < -0.39 is 26.7 Å². The summed E-state index contributed by atoms with van der Waals surface area (Å²) in [5.41, 5.74) is -0.0214. The minimum absolute atomic E-state index is 0.0492. The summed E-state index contributed by atoms with van der Waals surface area (Å²) < 4.78 is 39.6. The summed E-state index contributed by atoms with van der Waals surface area (Å²) in [7, 11) is -4.10. The zero-order chi connectivity index (χ0) is 14.8. The van der Waals surface area contributed by atoms with Crippen LogP contribution < -0.4 is 4.72 Å². The molecule has 0 aliphatic rings. The van der Waals surface area contributed by atoms with Gasteiger partial charge in [-0.2, -0.15) is 0 Å². The monoisotopic (exact) mass is 295 g/mol. The van der Waals surface area contributed by atoms with Gasteiger partial charge in [0.1, 0.15) is 10.7 Å². The van der Waals surface area contributed by atoms with Crippen molar-refractivity contribution in [2.75, 3.05) is 4.72 Å². The third kappa shape index (κ3) is 2.94. The van der Waals surface area contributed by atoms with Gasteiger partial charge in [0.2, 0.25) is 0 Å². The topological polar surface area (TPSA) is 83.5 Å². The van der Waals surface area contributed by atoms with Gasteiger partial charge >= 0.3 is 5.97 Å². The van der Waals surface area contributed by atoms with Crippen LogP contribution in [-0.2, 0) is 10.0 Å². The average molecular weight is 295 g/mol. The SMILES string of the molecule is O=C(O)c1cccc(NS(=O)(=O)c2ccccc2F)c1. The molecule has 0 saturated heterocycles. The van der Waals surface area contributed by atoms with Gasteiger partial charge < -0.3 is 5.11 Å². The number of halogens is 1. The van der Waals surface area contributed by atoms with Crippen molar-refractivity contribution in [3.8, 4) is 0 Å². The number of carboxylic acid groups (broad SMARTS) is 1. The summed E-state index contributed by atoms with van der Waals surface area (Å²) in [5.74, 6) is -2.06. The number of rotatable bonds is 4. The van der Waals surface area contributed by atoms with E-state index in [2.05, 4.69) is 4.72 Å². The summed E-state index contributed by atoms with van der Waals surface area (Å²) >= 11 is 0. The highest BCUT2D eigenvalue weighted by Gasteiger charge is 2.18. The largest absolute Gasteiger partial charge is 0.478 e. The highest BCUT2D eigenvalue weighted by atomic mass is 32.2. The molecule has 0 aliphatic carbocycles. The van der Waals surface area contributed by atoms with Crippen molar-refractivity contribution in [3.63, 3.8) is 0 Å². The van der Waals surface area contributed by atoms with Crippen LogP contribution in [0.2, 0.25) is 0 Å². The standard InChI is InChI=1S/C13H10FNO4S/c14-11-6-1-2-7-12(11)20(18,19)15-10-5-3-4-9(8-10)13(16)17/h1-8,15H,(H,16,17). The molecule has 104 valence electrons. The van der Waals surface area contributed by atoms with Crippen LogP contribution in [0.3, 0.4) is 0 Å². The molecule has 0 bridgehead atoms. The average Bonchev–Trinajstić information content (AvgIpc) is 2.38. The molecule has 0 amide bonds. The lowest BCUT2D eigenvalue weighted by Crippen LogP contribution is -2.14. The molecule has 0 aromatic heterocycles. The van der Waals surface area contributed by atoms with Gasteiger partial charge in [-0.05, 0) is 30.3 Å². The molecule has 0 spiro atoms. The number of hydrogen-bond donors (Lipinski definition) is 2. The first kappa shape index (κ1) is 14.0. The molecule has 0 unspecified atom stereocenters. The molecule has 20 heavy (non-hydrogen) atoms. The van der Waals surface area contributed by atoms with Gasteiger partial charge in [0.25, 0.3) is 10.0 Å². The van der Waals surface area contributed by atoms with E-state index in [0.717, 1.165) is 18.2 Å². The Labute approximate surface area is 114 Å². The molecule has 0 saturated carbocycles. The molecule has 2 aromatic carbocycles. The second kappa shape index (κ2) is 5.30. The maximum Gasteiger partial charge on any atom is 0.335 e. The third-order valence-electron chi connectivity index (χ3n) is 2.49. The van der Waals surface area contributed by atoms with Gasteiger partial charge in [0, 0.05) is 5.69 Å². The van der Waals surface area contributed by atoms with Gasteiger partial charge in [0.05, 0.1) is 5.56 Å². The number of aromatic carboxylic acids is 1. The predicted molar refractivity (Wildman–Crippen MR) is 70.6 cm³/mol. The highest BCUT2D eigenvalue weighted by Crippen LogP contribution is 2.19. The van der Waals surface area contributed by atoms with E-state index >= 15 is 0 Å². The Kier molecular flexibility index (Phi) is 3.71. The van der Waals surface area contributed by atoms with Crippen molar-refractivity contribution >= 4 is 21.7 Å². The zero-order valence-electron chi connectivity index (χ0n) is 10.1. The van der Waals surface area contributed by atoms with Crippen LogP contribution in [0.25, 0.3) is 0 Å². The van der Waals surface area contributed by atoms with Crippen molar-refractivity contribution in [3.05, 3.63) is 59.9 Å². The Hall–Kier alpha value is -2.41. The number of benzene rings is 2. The number of sulfonamides is 1. The molecule has 0 atom stereocenters. The van der Waals surface area contributed by atoms with Gasteiger partial charge in [-0.3, -0.25) is 4.72 Å². The Bertz CT molecular complexity index is 758. The van der Waals surface area contributed by atoms with Crippen LogP contribution in [0, 0.1) is 5.82 Å². The molecule has 5 nitrogen and oxygen atoms in total. The highest BCUT2D eigenvalue weighted by molar-refractivity contribution is 7.92. The number of carbonyl (C=O) groups is 1. The summed E-state index contributed by atoms with van der Waals surface area (Å²) in [6.07, 6.45) is 0. The van der Waals surface area contributed by atoms with E-state index in [1.165, 1.54) is 30.3 Å². The molecular weight excluding hydrogens is 285 g/mol. The number of nitrogens with one attached hydrogen (secondary N) is 1. The van der Waals surface area contributed by atoms with E-state index in [1.807, 2.05) is 0 Å². The maximum atomic E-state index is 13.5.